The summed E-state index contributed by atoms with van der Waals surface area (Å²) in [6.45, 7) is 0. The molecule has 2 heterocycles. The van der Waals surface area contributed by atoms with Gasteiger partial charge in [-0.05, 0) is 25.0 Å². The van der Waals surface area contributed by atoms with E-state index in [2.05, 4.69) is 39.6 Å². The molecule has 2 aliphatic rings. The molecule has 0 radical (unpaired) electrons. The lowest BCUT2D eigenvalue weighted by Crippen LogP contribution is -2.14. The fourth-order valence-electron chi connectivity index (χ4n) is 3.55. The van der Waals surface area contributed by atoms with E-state index >= 15 is 0 Å². The van der Waals surface area contributed by atoms with E-state index in [4.69, 9.17) is 5.11 Å². The van der Waals surface area contributed by atoms with Crippen molar-refractivity contribution in [2.24, 2.45) is 4.99 Å². The summed E-state index contributed by atoms with van der Waals surface area (Å²) in [6, 6.07) is 8.87. The van der Waals surface area contributed by atoms with E-state index in [1.54, 1.807) is 11.8 Å². The molecule has 1 saturated carbocycles. The van der Waals surface area contributed by atoms with E-state index < -0.39 is 5.97 Å². The van der Waals surface area contributed by atoms with Crippen molar-refractivity contribution in [1.29, 1.82) is 0 Å². The number of hydrogen-bond donors (Lipinski definition) is 3. The maximum atomic E-state index is 10.9. The molecule has 4 rings (SSSR count). The molecular weight excluding hydrogens is 322 g/mol. The van der Waals surface area contributed by atoms with Gasteiger partial charge < -0.3 is 15.4 Å². The molecule has 1 aliphatic heterocycles. The van der Waals surface area contributed by atoms with Gasteiger partial charge in [0, 0.05) is 17.2 Å². The Kier molecular flexibility index (Phi) is 4.22. The SMILES string of the molecule is O=C(O)C[C@@H]1CSC(c2cc3cccc(NC4CCCC4)c3[nH]2)=N1. The summed E-state index contributed by atoms with van der Waals surface area (Å²) in [5, 5.41) is 14.7. The Bertz CT molecular complexity index is 793. The van der Waals surface area contributed by atoms with Crippen molar-refractivity contribution >= 4 is 39.4 Å². The Morgan fingerprint density at radius 2 is 2.21 bits per heavy atom. The Labute approximate surface area is 144 Å². The third-order valence-electron chi connectivity index (χ3n) is 4.72. The van der Waals surface area contributed by atoms with Crippen molar-refractivity contribution in [2.75, 3.05) is 11.1 Å². The number of fused-ring (bicyclic) bond motifs is 1. The number of rotatable bonds is 5. The maximum Gasteiger partial charge on any atom is 0.305 e. The molecule has 3 N–H and O–H groups in total. The number of thioether (sulfide) groups is 1. The van der Waals surface area contributed by atoms with Crippen LogP contribution in [-0.4, -0.2) is 38.9 Å². The van der Waals surface area contributed by atoms with E-state index in [1.807, 2.05) is 0 Å². The molecule has 0 saturated heterocycles. The van der Waals surface area contributed by atoms with Crippen molar-refractivity contribution in [2.45, 2.75) is 44.2 Å². The quantitative estimate of drug-likeness (QED) is 0.770. The highest BCUT2D eigenvalue weighted by molar-refractivity contribution is 8.14. The van der Waals surface area contributed by atoms with Crippen molar-refractivity contribution in [1.82, 2.24) is 4.98 Å². The van der Waals surface area contributed by atoms with Gasteiger partial charge in [-0.1, -0.05) is 25.0 Å². The van der Waals surface area contributed by atoms with Crippen LogP contribution in [0.3, 0.4) is 0 Å². The highest BCUT2D eigenvalue weighted by atomic mass is 32.2. The number of H-pyrrole nitrogens is 1. The number of aromatic amines is 1. The first kappa shape index (κ1) is 15.6. The van der Waals surface area contributed by atoms with Crippen LogP contribution in [0, 0.1) is 0 Å². The molecule has 126 valence electrons. The number of nitrogens with one attached hydrogen (secondary N) is 2. The molecule has 2 aromatic rings. The van der Waals surface area contributed by atoms with Crippen LogP contribution >= 0.6 is 11.8 Å². The topological polar surface area (TPSA) is 77.5 Å². The van der Waals surface area contributed by atoms with Crippen LogP contribution in [0.15, 0.2) is 29.3 Å². The molecule has 1 fully saturated rings. The number of aliphatic imine (C=N–C) groups is 1. The molecule has 0 bridgehead atoms. The number of nitrogens with zero attached hydrogens (tertiary/aromatic N) is 1. The zero-order valence-corrected chi connectivity index (χ0v) is 14.2. The lowest BCUT2D eigenvalue weighted by molar-refractivity contribution is -0.137. The van der Waals surface area contributed by atoms with Gasteiger partial charge in [0.2, 0.25) is 0 Å². The summed E-state index contributed by atoms with van der Waals surface area (Å²) in [4.78, 5) is 18.9. The van der Waals surface area contributed by atoms with Gasteiger partial charge in [-0.15, -0.1) is 11.8 Å². The van der Waals surface area contributed by atoms with E-state index in [-0.39, 0.29) is 12.5 Å². The van der Waals surface area contributed by atoms with Crippen molar-refractivity contribution < 1.29 is 9.90 Å². The molecule has 1 atom stereocenters. The summed E-state index contributed by atoms with van der Waals surface area (Å²) >= 11 is 1.63. The van der Waals surface area contributed by atoms with Gasteiger partial charge in [0.1, 0.15) is 5.04 Å². The van der Waals surface area contributed by atoms with Gasteiger partial charge in [-0.3, -0.25) is 9.79 Å². The Hall–Kier alpha value is -1.95. The first-order valence-electron chi connectivity index (χ1n) is 8.50. The summed E-state index contributed by atoms with van der Waals surface area (Å²) in [6.07, 6.45) is 5.20. The first-order valence-corrected chi connectivity index (χ1v) is 9.48. The number of carboxylic acids is 1. The Morgan fingerprint density at radius 1 is 1.38 bits per heavy atom. The second-order valence-electron chi connectivity index (χ2n) is 6.58. The lowest BCUT2D eigenvalue weighted by Gasteiger charge is -2.14. The van der Waals surface area contributed by atoms with Gasteiger partial charge in [0.15, 0.2) is 0 Å². The highest BCUT2D eigenvalue weighted by Crippen LogP contribution is 2.31. The number of benzene rings is 1. The molecule has 1 aromatic heterocycles. The zero-order chi connectivity index (χ0) is 16.5. The number of aromatic nitrogens is 1. The van der Waals surface area contributed by atoms with Crippen LogP contribution < -0.4 is 5.32 Å². The van der Waals surface area contributed by atoms with Crippen LogP contribution in [0.1, 0.15) is 37.8 Å². The number of carbonyl (C=O) groups is 1. The third kappa shape index (κ3) is 3.15. The van der Waals surface area contributed by atoms with Crippen molar-refractivity contribution in [3.8, 4) is 0 Å². The van der Waals surface area contributed by atoms with Gasteiger partial charge >= 0.3 is 5.97 Å². The maximum absolute atomic E-state index is 10.9. The van der Waals surface area contributed by atoms with Crippen LogP contribution in [0.25, 0.3) is 10.9 Å². The average molecular weight is 343 g/mol. The number of anilines is 1. The second kappa shape index (κ2) is 6.51. The van der Waals surface area contributed by atoms with Crippen LogP contribution in [-0.2, 0) is 4.79 Å². The molecule has 5 nitrogen and oxygen atoms in total. The zero-order valence-electron chi connectivity index (χ0n) is 13.4. The Morgan fingerprint density at radius 3 is 3.00 bits per heavy atom. The minimum absolute atomic E-state index is 0.102. The molecule has 1 aromatic carbocycles. The highest BCUT2D eigenvalue weighted by Gasteiger charge is 2.23. The van der Waals surface area contributed by atoms with Gasteiger partial charge in [0.05, 0.1) is 29.4 Å². The lowest BCUT2D eigenvalue weighted by atomic mass is 10.2. The van der Waals surface area contributed by atoms with Crippen molar-refractivity contribution in [3.63, 3.8) is 0 Å². The second-order valence-corrected chi connectivity index (χ2v) is 7.58. The summed E-state index contributed by atoms with van der Waals surface area (Å²) in [5.41, 5.74) is 3.25. The fraction of sp³-hybridized carbons (Fsp3) is 0.444. The molecule has 0 spiro atoms. The molecule has 6 heteroatoms. The van der Waals surface area contributed by atoms with E-state index in [1.165, 1.54) is 25.7 Å². The first-order chi connectivity index (χ1) is 11.7. The largest absolute Gasteiger partial charge is 0.481 e. The third-order valence-corrected chi connectivity index (χ3v) is 5.87. The normalized spacial score (nSPS) is 21.3. The minimum Gasteiger partial charge on any atom is -0.481 e. The van der Waals surface area contributed by atoms with Gasteiger partial charge in [-0.25, -0.2) is 0 Å². The van der Waals surface area contributed by atoms with Crippen molar-refractivity contribution in [3.05, 3.63) is 30.0 Å². The summed E-state index contributed by atoms with van der Waals surface area (Å²) in [5.74, 6) is -0.0465. The standard InChI is InChI=1S/C18H21N3O2S/c22-16(23)9-13-10-24-18(20-13)15-8-11-4-3-7-14(17(11)21-15)19-12-5-1-2-6-12/h3-4,7-8,12-13,19,21H,1-2,5-6,9-10H2,(H,22,23)/t13-/m1/s1. The molecule has 0 unspecified atom stereocenters. The average Bonchev–Trinajstić information content (AvgIpc) is 3.25. The van der Waals surface area contributed by atoms with E-state index in [0.717, 1.165) is 33.1 Å². The van der Waals surface area contributed by atoms with Crippen LogP contribution in [0.5, 0.6) is 0 Å². The predicted octanol–water partition coefficient (Wildman–Crippen LogP) is 3.86. The summed E-state index contributed by atoms with van der Waals surface area (Å²) < 4.78 is 0. The molecule has 24 heavy (non-hydrogen) atoms. The van der Waals surface area contributed by atoms with E-state index in [9.17, 15) is 4.79 Å². The fourth-order valence-corrected chi connectivity index (χ4v) is 4.58. The van der Waals surface area contributed by atoms with Gasteiger partial charge in [0.25, 0.3) is 0 Å². The minimum atomic E-state index is -0.787. The number of hydrogen-bond acceptors (Lipinski definition) is 4. The molecule has 0 amide bonds. The summed E-state index contributed by atoms with van der Waals surface area (Å²) in [7, 11) is 0. The van der Waals surface area contributed by atoms with Crippen LogP contribution in [0.4, 0.5) is 5.69 Å². The van der Waals surface area contributed by atoms with Gasteiger partial charge in [-0.2, -0.15) is 0 Å². The smallest absolute Gasteiger partial charge is 0.305 e. The molecule has 1 aliphatic carbocycles. The number of aliphatic carboxylic acids is 1. The number of para-hydroxylation sites is 1. The molecular formula is C18H21N3O2S. The monoisotopic (exact) mass is 343 g/mol. The van der Waals surface area contributed by atoms with Crippen LogP contribution in [0.2, 0.25) is 0 Å². The number of carboxylic acid groups (broad SMARTS) is 1. The Balaban J connectivity index is 1.60. The van der Waals surface area contributed by atoms with E-state index in [0.29, 0.717) is 6.04 Å². The predicted molar refractivity (Wildman–Crippen MR) is 99.2 cm³/mol.